The van der Waals surface area contributed by atoms with Crippen molar-refractivity contribution in [3.05, 3.63) is 28.6 Å². The van der Waals surface area contributed by atoms with Crippen LogP contribution in [0.1, 0.15) is 42.5 Å². The molecule has 0 bridgehead atoms. The maximum Gasteiger partial charge on any atom is 0.206 e. The summed E-state index contributed by atoms with van der Waals surface area (Å²) in [6.07, 6.45) is 3.90. The van der Waals surface area contributed by atoms with Crippen LogP contribution in [-0.4, -0.2) is 26.0 Å². The predicted molar refractivity (Wildman–Crippen MR) is 102 cm³/mol. The van der Waals surface area contributed by atoms with Crippen LogP contribution in [0.25, 0.3) is 0 Å². The second kappa shape index (κ2) is 5.75. The molecule has 25 heavy (non-hydrogen) atoms. The van der Waals surface area contributed by atoms with Crippen LogP contribution < -0.4 is 11.1 Å². The number of hydrogen-bond acceptors (Lipinski definition) is 8. The summed E-state index contributed by atoms with van der Waals surface area (Å²) in [5, 5.41) is 17.5. The number of fused-ring (bicyclic) bond motifs is 3. The monoisotopic (exact) mass is 374 g/mol. The maximum absolute atomic E-state index is 9.19. The molecule has 3 N–H and O–H groups in total. The lowest BCUT2D eigenvalue weighted by atomic mass is 9.96. The molecule has 2 aliphatic heterocycles. The summed E-state index contributed by atoms with van der Waals surface area (Å²) < 4.78 is 7.85. The first kappa shape index (κ1) is 16.4. The number of nitrogens with one attached hydrogen (secondary N) is 1. The van der Waals surface area contributed by atoms with Gasteiger partial charge in [-0.2, -0.15) is 10.4 Å². The predicted octanol–water partition coefficient (Wildman–Crippen LogP) is 3.19. The van der Waals surface area contributed by atoms with Gasteiger partial charge in [0, 0.05) is 10.3 Å². The third-order valence-electron chi connectivity index (χ3n) is 4.43. The van der Waals surface area contributed by atoms with Crippen LogP contribution in [0.15, 0.2) is 15.6 Å². The summed E-state index contributed by atoms with van der Waals surface area (Å²) in [6.45, 7) is 4.47. The molecule has 1 unspecified atom stereocenters. The van der Waals surface area contributed by atoms with Gasteiger partial charge in [0.05, 0.1) is 17.5 Å². The Morgan fingerprint density at radius 3 is 3.04 bits per heavy atom. The van der Waals surface area contributed by atoms with Gasteiger partial charge >= 0.3 is 0 Å². The molecule has 0 saturated carbocycles. The van der Waals surface area contributed by atoms with E-state index < -0.39 is 6.17 Å². The molecular weight excluding hydrogens is 356 g/mol. The number of nitrogen functional groups attached to an aromatic ring is 1. The number of nitrogens with two attached hydrogens (primary N) is 1. The molecule has 130 valence electrons. The number of nitrogens with zero attached hydrogens (tertiary/aromatic N) is 4. The van der Waals surface area contributed by atoms with Crippen molar-refractivity contribution in [3.63, 3.8) is 0 Å². The van der Waals surface area contributed by atoms with Gasteiger partial charge in [0.2, 0.25) is 5.88 Å². The molecule has 7 nitrogen and oxygen atoms in total. The first-order valence-electron chi connectivity index (χ1n) is 7.84. The van der Waals surface area contributed by atoms with Crippen molar-refractivity contribution in [1.29, 1.82) is 5.26 Å². The van der Waals surface area contributed by atoms with Crippen molar-refractivity contribution in [2.75, 3.05) is 17.3 Å². The number of rotatable bonds is 1. The molecule has 0 amide bonds. The van der Waals surface area contributed by atoms with Crippen molar-refractivity contribution in [2.45, 2.75) is 36.9 Å². The highest BCUT2D eigenvalue weighted by Crippen LogP contribution is 2.47. The molecule has 1 atom stereocenters. The minimum Gasteiger partial charge on any atom is -0.444 e. The highest BCUT2D eigenvalue weighted by molar-refractivity contribution is 8.13. The minimum atomic E-state index is -0.424. The van der Waals surface area contributed by atoms with Crippen molar-refractivity contribution in [1.82, 2.24) is 9.78 Å². The van der Waals surface area contributed by atoms with Gasteiger partial charge in [0.15, 0.2) is 11.3 Å². The van der Waals surface area contributed by atoms with Crippen LogP contribution in [0.4, 0.5) is 11.7 Å². The smallest absolute Gasteiger partial charge is 0.206 e. The second-order valence-electron chi connectivity index (χ2n) is 6.61. The molecule has 2 aromatic heterocycles. The number of amidine groups is 1. The zero-order valence-corrected chi connectivity index (χ0v) is 15.8. The standard InChI is InChI=1S/C16H18N6OS2/c1-16(2)4-9-10(7-25-16)23-14-11(9)13(20-15(21-14)24-3)22-12(18)8(5-17)6-19-22/h6,13H,4,7,18H2,1-3H3,(H,20,21). The van der Waals surface area contributed by atoms with Gasteiger partial charge in [-0.25, -0.2) is 9.67 Å². The summed E-state index contributed by atoms with van der Waals surface area (Å²) in [5.74, 6) is 2.84. The molecule has 0 saturated heterocycles. The van der Waals surface area contributed by atoms with Gasteiger partial charge < -0.3 is 15.5 Å². The molecule has 0 aliphatic carbocycles. The lowest BCUT2D eigenvalue weighted by Crippen LogP contribution is -2.27. The average Bonchev–Trinajstić information content (AvgIpc) is 3.13. The molecule has 0 aromatic carbocycles. The Kier molecular flexibility index (Phi) is 3.77. The van der Waals surface area contributed by atoms with Gasteiger partial charge in [-0.15, -0.1) is 11.8 Å². The van der Waals surface area contributed by atoms with Gasteiger partial charge in [-0.3, -0.25) is 0 Å². The molecule has 0 fully saturated rings. The van der Waals surface area contributed by atoms with E-state index in [1.54, 1.807) is 4.68 Å². The fourth-order valence-corrected chi connectivity index (χ4v) is 4.58. The Morgan fingerprint density at radius 2 is 2.36 bits per heavy atom. The molecule has 9 heteroatoms. The SMILES string of the molecule is CSC1=NC(n2ncc(C#N)c2N)c2c(oc3c2CC(C)(C)SC3)N1. The molecule has 0 spiro atoms. The van der Waals surface area contributed by atoms with Gasteiger partial charge in [0.25, 0.3) is 0 Å². The molecule has 4 rings (SSSR count). The fraction of sp³-hybridized carbons (Fsp3) is 0.438. The lowest BCUT2D eigenvalue weighted by molar-refractivity contribution is 0.518. The normalized spacial score (nSPS) is 20.9. The van der Waals surface area contributed by atoms with Crippen LogP contribution >= 0.6 is 23.5 Å². The van der Waals surface area contributed by atoms with E-state index in [0.717, 1.165) is 28.7 Å². The van der Waals surface area contributed by atoms with Crippen LogP contribution in [-0.2, 0) is 12.2 Å². The van der Waals surface area contributed by atoms with E-state index in [4.69, 9.17) is 15.1 Å². The highest BCUT2D eigenvalue weighted by Gasteiger charge is 2.38. The summed E-state index contributed by atoms with van der Waals surface area (Å²) in [6, 6.07) is 2.07. The van der Waals surface area contributed by atoms with E-state index >= 15 is 0 Å². The Balaban J connectivity index is 1.89. The van der Waals surface area contributed by atoms with Crippen LogP contribution in [0.3, 0.4) is 0 Å². The minimum absolute atomic E-state index is 0.131. The number of anilines is 2. The van der Waals surface area contributed by atoms with E-state index in [0.29, 0.717) is 17.3 Å². The number of furan rings is 1. The zero-order valence-electron chi connectivity index (χ0n) is 14.2. The van der Waals surface area contributed by atoms with Gasteiger partial charge in [-0.1, -0.05) is 25.6 Å². The summed E-state index contributed by atoms with van der Waals surface area (Å²) >= 11 is 3.39. The van der Waals surface area contributed by atoms with Gasteiger partial charge in [-0.05, 0) is 12.7 Å². The summed E-state index contributed by atoms with van der Waals surface area (Å²) in [7, 11) is 0. The third kappa shape index (κ3) is 2.60. The van der Waals surface area contributed by atoms with Crippen LogP contribution in [0.2, 0.25) is 0 Å². The fourth-order valence-electron chi connectivity index (χ4n) is 3.18. The van der Waals surface area contributed by atoms with Gasteiger partial charge in [0.1, 0.15) is 23.2 Å². The number of aliphatic imine (C=N–C) groups is 1. The third-order valence-corrected chi connectivity index (χ3v) is 6.35. The van der Waals surface area contributed by atoms with Crippen molar-refractivity contribution < 1.29 is 4.42 Å². The summed E-state index contributed by atoms with van der Waals surface area (Å²) in [4.78, 5) is 4.76. The number of aromatic nitrogens is 2. The molecule has 2 aliphatic rings. The van der Waals surface area contributed by atoms with E-state index in [2.05, 4.69) is 30.3 Å². The lowest BCUT2D eigenvalue weighted by Gasteiger charge is -2.29. The number of nitriles is 1. The molecule has 2 aromatic rings. The largest absolute Gasteiger partial charge is 0.444 e. The first-order valence-corrected chi connectivity index (χ1v) is 10.0. The van der Waals surface area contributed by atoms with E-state index in [1.165, 1.54) is 23.5 Å². The Labute approximate surface area is 154 Å². The molecule has 4 heterocycles. The topological polar surface area (TPSA) is 105 Å². The maximum atomic E-state index is 9.19. The molecular formula is C16H18N6OS2. The average molecular weight is 374 g/mol. The summed E-state index contributed by atoms with van der Waals surface area (Å²) in [5.41, 5.74) is 8.64. The zero-order chi connectivity index (χ0) is 17.8. The van der Waals surface area contributed by atoms with Crippen LogP contribution in [0.5, 0.6) is 0 Å². The van der Waals surface area contributed by atoms with Crippen molar-refractivity contribution in [2.24, 2.45) is 4.99 Å². The number of thioether (sulfide) groups is 2. The highest BCUT2D eigenvalue weighted by atomic mass is 32.2. The van der Waals surface area contributed by atoms with Crippen molar-refractivity contribution >= 4 is 40.4 Å². The first-order chi connectivity index (χ1) is 11.9. The number of hydrogen-bond donors (Lipinski definition) is 2. The van der Waals surface area contributed by atoms with Crippen molar-refractivity contribution in [3.8, 4) is 6.07 Å². The van der Waals surface area contributed by atoms with E-state index in [-0.39, 0.29) is 4.75 Å². The van der Waals surface area contributed by atoms with E-state index in [1.807, 2.05) is 18.0 Å². The quantitative estimate of drug-likeness (QED) is 0.789. The Morgan fingerprint density at radius 1 is 1.56 bits per heavy atom. The second-order valence-corrected chi connectivity index (χ2v) is 9.09. The van der Waals surface area contributed by atoms with E-state index in [9.17, 15) is 5.26 Å². The van der Waals surface area contributed by atoms with Crippen LogP contribution in [0, 0.1) is 11.3 Å². The Bertz CT molecular complexity index is 920. The Hall–Kier alpha value is -2.05. The molecule has 0 radical (unpaired) electrons.